The van der Waals surface area contributed by atoms with Crippen molar-refractivity contribution in [3.8, 4) is 0 Å². The molecule has 0 aromatic heterocycles. The summed E-state index contributed by atoms with van der Waals surface area (Å²) < 4.78 is 5.51. The van der Waals surface area contributed by atoms with Crippen LogP contribution in [0.2, 0.25) is 0 Å². The molecule has 0 aliphatic rings. The lowest BCUT2D eigenvalue weighted by molar-refractivity contribution is -0.143. The van der Waals surface area contributed by atoms with Crippen LogP contribution < -0.4 is 5.32 Å². The first-order valence-electron chi connectivity index (χ1n) is 38.6. The zero-order chi connectivity index (χ0) is 60.6. The summed E-state index contributed by atoms with van der Waals surface area (Å²) in [7, 11) is 0. The number of unbranched alkanes of at least 4 members (excludes halogenated alkanes) is 60. The van der Waals surface area contributed by atoms with Gasteiger partial charge in [0.25, 0.3) is 0 Å². The Balaban J connectivity index is 3.31. The molecule has 0 spiro atoms. The maximum Gasteiger partial charge on any atom is 0.305 e. The molecule has 498 valence electrons. The smallest absolute Gasteiger partial charge is 0.305 e. The molecule has 0 aromatic carbocycles. The van der Waals surface area contributed by atoms with Crippen LogP contribution in [0.3, 0.4) is 0 Å². The molecule has 84 heavy (non-hydrogen) atoms. The van der Waals surface area contributed by atoms with Gasteiger partial charge in [-0.15, -0.1) is 0 Å². The number of amides is 1. The number of allylic oxidation sites excluding steroid dienone is 3. The maximum absolute atomic E-state index is 12.5. The molecule has 6 heteroatoms. The van der Waals surface area contributed by atoms with Gasteiger partial charge < -0.3 is 20.3 Å². The zero-order valence-corrected chi connectivity index (χ0v) is 57.2. The van der Waals surface area contributed by atoms with Crippen molar-refractivity contribution in [2.24, 2.45) is 0 Å². The molecule has 0 aliphatic carbocycles. The van der Waals surface area contributed by atoms with Crippen LogP contribution in [0.15, 0.2) is 24.3 Å². The molecule has 0 radical (unpaired) electrons. The number of rotatable bonds is 73. The summed E-state index contributed by atoms with van der Waals surface area (Å²) in [6.45, 7) is 4.95. The first kappa shape index (κ1) is 82.3. The van der Waals surface area contributed by atoms with Gasteiger partial charge in [-0.05, 0) is 57.8 Å². The van der Waals surface area contributed by atoms with E-state index in [0.717, 1.165) is 38.5 Å². The van der Waals surface area contributed by atoms with E-state index in [-0.39, 0.29) is 18.5 Å². The Kier molecular flexibility index (Phi) is 72.3. The summed E-state index contributed by atoms with van der Waals surface area (Å²) in [5.41, 5.74) is 0. The van der Waals surface area contributed by atoms with Crippen molar-refractivity contribution in [3.63, 3.8) is 0 Å². The lowest BCUT2D eigenvalue weighted by atomic mass is 10.0. The van der Waals surface area contributed by atoms with Crippen molar-refractivity contribution >= 4 is 11.9 Å². The Labute approximate surface area is 526 Å². The minimum atomic E-state index is -0.840. The Bertz CT molecular complexity index is 1320. The summed E-state index contributed by atoms with van der Waals surface area (Å²) in [4.78, 5) is 24.6. The third-order valence-corrected chi connectivity index (χ3v) is 18.2. The normalized spacial score (nSPS) is 12.6. The van der Waals surface area contributed by atoms with Crippen LogP contribution in [0.4, 0.5) is 0 Å². The largest absolute Gasteiger partial charge is 0.466 e. The second kappa shape index (κ2) is 73.8. The van der Waals surface area contributed by atoms with E-state index in [2.05, 4.69) is 31.3 Å². The number of hydrogen-bond donors (Lipinski definition) is 3. The van der Waals surface area contributed by atoms with Crippen LogP contribution in [0, 0.1) is 0 Å². The SMILES string of the molecule is CCCCCCCCCCCCC/C=C/C(O)C(CO)NC(=O)CCCCCCCCCCCCCCCCCCC/C=C\CCCCCCCCCCCCCCCCCCOC(=O)CCCCCCCCCCCCCCCCCCC. The third-order valence-electron chi connectivity index (χ3n) is 18.2. The fourth-order valence-corrected chi connectivity index (χ4v) is 12.3. The summed E-state index contributed by atoms with van der Waals surface area (Å²) in [6.07, 6.45) is 94.5. The van der Waals surface area contributed by atoms with E-state index in [1.807, 2.05) is 6.08 Å². The van der Waals surface area contributed by atoms with E-state index in [1.54, 1.807) is 6.08 Å². The summed E-state index contributed by atoms with van der Waals surface area (Å²) in [6, 6.07) is -0.624. The molecule has 0 aliphatic heterocycles. The van der Waals surface area contributed by atoms with Crippen molar-refractivity contribution in [1.82, 2.24) is 5.32 Å². The van der Waals surface area contributed by atoms with E-state index in [9.17, 15) is 19.8 Å². The van der Waals surface area contributed by atoms with Crippen LogP contribution in [-0.4, -0.2) is 47.4 Å². The zero-order valence-electron chi connectivity index (χ0n) is 57.2. The lowest BCUT2D eigenvalue weighted by Crippen LogP contribution is -2.45. The second-order valence-electron chi connectivity index (χ2n) is 26.7. The molecule has 6 nitrogen and oxygen atoms in total. The molecular weight excluding hydrogens is 1030 g/mol. The summed E-state index contributed by atoms with van der Waals surface area (Å²) >= 11 is 0. The van der Waals surface area contributed by atoms with Gasteiger partial charge in [-0.25, -0.2) is 0 Å². The van der Waals surface area contributed by atoms with E-state index < -0.39 is 12.1 Å². The highest BCUT2D eigenvalue weighted by molar-refractivity contribution is 5.76. The number of esters is 1. The molecule has 0 heterocycles. The van der Waals surface area contributed by atoms with E-state index in [4.69, 9.17) is 4.74 Å². The van der Waals surface area contributed by atoms with Gasteiger partial charge in [0.05, 0.1) is 25.4 Å². The van der Waals surface area contributed by atoms with Gasteiger partial charge in [-0.2, -0.15) is 0 Å². The predicted molar refractivity (Wildman–Crippen MR) is 370 cm³/mol. The molecule has 0 aromatic rings. The molecule has 0 fully saturated rings. The van der Waals surface area contributed by atoms with Crippen LogP contribution in [0.25, 0.3) is 0 Å². The van der Waals surface area contributed by atoms with Gasteiger partial charge in [-0.3, -0.25) is 9.59 Å². The number of ether oxygens (including phenoxy) is 1. The highest BCUT2D eigenvalue weighted by Gasteiger charge is 2.18. The summed E-state index contributed by atoms with van der Waals surface area (Å²) in [5, 5.41) is 23.1. The van der Waals surface area contributed by atoms with Crippen LogP contribution >= 0.6 is 0 Å². The van der Waals surface area contributed by atoms with E-state index in [0.29, 0.717) is 19.4 Å². The van der Waals surface area contributed by atoms with Crippen molar-refractivity contribution in [1.29, 1.82) is 0 Å². The standard InChI is InChI=1S/C78H151NO5/c1-3-5-7-9-11-13-15-17-18-40-44-48-52-56-60-64-68-72-78(83)84-73-69-65-61-57-53-49-45-42-39-37-35-33-31-29-27-25-23-21-19-20-22-24-26-28-30-32-34-36-38-41-43-47-51-55-59-63-67-71-77(82)79-75(74-80)76(81)70-66-62-58-54-50-46-16-14-12-10-8-6-4-2/h19,21,66,70,75-76,80-81H,3-18,20,22-65,67-69,71-74H2,1-2H3,(H,79,82)/b21-19-,70-66+. The quantitative estimate of drug-likeness (QED) is 0.0320. The Morgan fingerprint density at radius 1 is 0.321 bits per heavy atom. The molecule has 2 atom stereocenters. The third kappa shape index (κ3) is 69.4. The highest BCUT2D eigenvalue weighted by Crippen LogP contribution is 2.20. The van der Waals surface area contributed by atoms with Crippen LogP contribution in [0.1, 0.15) is 438 Å². The molecular formula is C78H151NO5. The molecule has 2 unspecified atom stereocenters. The number of aliphatic hydroxyl groups is 2. The maximum atomic E-state index is 12.5. The van der Waals surface area contributed by atoms with Crippen LogP contribution in [-0.2, 0) is 14.3 Å². The van der Waals surface area contributed by atoms with Gasteiger partial charge in [0.1, 0.15) is 0 Å². The molecule has 0 rings (SSSR count). The monoisotopic (exact) mass is 1180 g/mol. The lowest BCUT2D eigenvalue weighted by Gasteiger charge is -2.20. The first-order chi connectivity index (χ1) is 41.5. The molecule has 0 bridgehead atoms. The van der Waals surface area contributed by atoms with Crippen molar-refractivity contribution in [2.75, 3.05) is 13.2 Å². The fraction of sp³-hybridized carbons (Fsp3) is 0.923. The topological polar surface area (TPSA) is 95.9 Å². The number of hydrogen-bond acceptors (Lipinski definition) is 5. The number of carbonyl (C=O) groups is 2. The van der Waals surface area contributed by atoms with Crippen molar-refractivity contribution in [2.45, 2.75) is 450 Å². The van der Waals surface area contributed by atoms with E-state index >= 15 is 0 Å². The number of nitrogens with one attached hydrogen (secondary N) is 1. The van der Waals surface area contributed by atoms with Crippen molar-refractivity contribution in [3.05, 3.63) is 24.3 Å². The van der Waals surface area contributed by atoms with Gasteiger partial charge in [-0.1, -0.05) is 391 Å². The Morgan fingerprint density at radius 3 is 0.845 bits per heavy atom. The number of aliphatic hydroxyl groups excluding tert-OH is 2. The fourth-order valence-electron chi connectivity index (χ4n) is 12.3. The summed E-state index contributed by atoms with van der Waals surface area (Å²) in [5.74, 6) is -0.0360. The average molecular weight is 1180 g/mol. The first-order valence-corrected chi connectivity index (χ1v) is 38.6. The molecule has 3 N–H and O–H groups in total. The predicted octanol–water partition coefficient (Wildman–Crippen LogP) is 25.3. The minimum absolute atomic E-state index is 0.0260. The average Bonchev–Trinajstić information content (AvgIpc) is 3.51. The Hall–Kier alpha value is -1.66. The van der Waals surface area contributed by atoms with Crippen molar-refractivity contribution < 1.29 is 24.5 Å². The van der Waals surface area contributed by atoms with Gasteiger partial charge in [0, 0.05) is 12.8 Å². The molecule has 0 saturated carbocycles. The number of carbonyl (C=O) groups excluding carboxylic acids is 2. The Morgan fingerprint density at radius 2 is 0.560 bits per heavy atom. The molecule has 0 saturated heterocycles. The highest BCUT2D eigenvalue weighted by atomic mass is 16.5. The van der Waals surface area contributed by atoms with E-state index in [1.165, 1.54) is 372 Å². The van der Waals surface area contributed by atoms with Gasteiger partial charge >= 0.3 is 5.97 Å². The second-order valence-corrected chi connectivity index (χ2v) is 26.7. The van der Waals surface area contributed by atoms with Gasteiger partial charge in [0.2, 0.25) is 5.91 Å². The van der Waals surface area contributed by atoms with Crippen LogP contribution in [0.5, 0.6) is 0 Å². The minimum Gasteiger partial charge on any atom is -0.466 e. The van der Waals surface area contributed by atoms with Gasteiger partial charge in [0.15, 0.2) is 0 Å². The molecule has 1 amide bonds.